The molecule has 44 valence electrons. The predicted octanol–water partition coefficient (Wildman–Crippen LogP) is -0.692. The van der Waals surface area contributed by atoms with E-state index in [0.717, 1.165) is 6.39 Å². The number of hydrogen-bond donors (Lipinski definition) is 0. The van der Waals surface area contributed by atoms with Crippen molar-refractivity contribution in [2.75, 3.05) is 0 Å². The SMILES string of the molecule is O=S([O-])c1ncon1. The number of hydrogen-bond acceptors (Lipinski definition) is 5. The van der Waals surface area contributed by atoms with Gasteiger partial charge in [-0.05, 0) is 5.16 Å². The first-order valence-electron chi connectivity index (χ1n) is 1.66. The molecule has 1 aromatic rings. The van der Waals surface area contributed by atoms with Gasteiger partial charge in [-0.15, -0.1) is 0 Å². The third-order valence-corrected chi connectivity index (χ3v) is 0.968. The third kappa shape index (κ3) is 0.903. The highest BCUT2D eigenvalue weighted by Gasteiger charge is 1.93. The molecular weight excluding hydrogens is 132 g/mol. The van der Waals surface area contributed by atoms with E-state index in [9.17, 15) is 8.76 Å². The lowest BCUT2D eigenvalue weighted by atomic mass is 11.3. The third-order valence-electron chi connectivity index (χ3n) is 0.490. The maximum Gasteiger partial charge on any atom is 0.246 e. The summed E-state index contributed by atoms with van der Waals surface area (Å²) in [6.45, 7) is 0. The average molecular weight is 133 g/mol. The summed E-state index contributed by atoms with van der Waals surface area (Å²) in [5.74, 6) is 0. The molecule has 1 aromatic heterocycles. The van der Waals surface area contributed by atoms with Crippen molar-refractivity contribution in [1.29, 1.82) is 0 Å². The number of aromatic nitrogens is 2. The van der Waals surface area contributed by atoms with Gasteiger partial charge in [0.1, 0.15) is 0 Å². The van der Waals surface area contributed by atoms with Crippen molar-refractivity contribution in [3.8, 4) is 0 Å². The molecule has 0 aliphatic heterocycles. The molecule has 0 spiro atoms. The zero-order valence-electron chi connectivity index (χ0n) is 3.60. The normalized spacial score (nSPS) is 13.6. The van der Waals surface area contributed by atoms with Crippen LogP contribution in [-0.2, 0) is 11.1 Å². The van der Waals surface area contributed by atoms with Crippen molar-refractivity contribution in [3.63, 3.8) is 0 Å². The monoisotopic (exact) mass is 133 g/mol. The van der Waals surface area contributed by atoms with Crippen molar-refractivity contribution < 1.29 is 13.3 Å². The molecule has 0 N–H and O–H groups in total. The van der Waals surface area contributed by atoms with Crippen LogP contribution in [-0.4, -0.2) is 18.9 Å². The molecule has 8 heavy (non-hydrogen) atoms. The van der Waals surface area contributed by atoms with Crippen molar-refractivity contribution in [2.45, 2.75) is 5.16 Å². The summed E-state index contributed by atoms with van der Waals surface area (Å²) in [6.07, 6.45) is 0.950. The Hall–Kier alpha value is -0.750. The summed E-state index contributed by atoms with van der Waals surface area (Å²) in [6, 6.07) is 0. The largest absolute Gasteiger partial charge is 0.766 e. The first kappa shape index (κ1) is 5.39. The molecule has 0 aliphatic carbocycles. The van der Waals surface area contributed by atoms with E-state index >= 15 is 0 Å². The second-order valence-electron chi connectivity index (χ2n) is 0.948. The van der Waals surface area contributed by atoms with Crippen LogP contribution in [0.2, 0.25) is 0 Å². The molecule has 1 atom stereocenters. The fourth-order valence-corrected chi connectivity index (χ4v) is 0.467. The highest BCUT2D eigenvalue weighted by Crippen LogP contribution is 1.90. The Kier molecular flexibility index (Phi) is 1.36. The Bertz CT molecular complexity index is 183. The second-order valence-corrected chi connectivity index (χ2v) is 1.78. The van der Waals surface area contributed by atoms with Gasteiger partial charge in [-0.3, -0.25) is 4.21 Å². The summed E-state index contributed by atoms with van der Waals surface area (Å²) >= 11 is -2.36. The first-order chi connectivity index (χ1) is 3.80. The van der Waals surface area contributed by atoms with Crippen LogP contribution in [0.3, 0.4) is 0 Å². The Morgan fingerprint density at radius 1 is 1.88 bits per heavy atom. The number of nitrogens with zero attached hydrogens (tertiary/aromatic N) is 2. The van der Waals surface area contributed by atoms with Crippen LogP contribution < -0.4 is 0 Å². The Morgan fingerprint density at radius 2 is 2.62 bits per heavy atom. The highest BCUT2D eigenvalue weighted by atomic mass is 32.2. The van der Waals surface area contributed by atoms with E-state index in [1.165, 1.54) is 0 Å². The van der Waals surface area contributed by atoms with E-state index in [0.29, 0.717) is 0 Å². The molecule has 1 rings (SSSR count). The summed E-state index contributed by atoms with van der Waals surface area (Å²) in [5.41, 5.74) is 0. The molecule has 0 saturated carbocycles. The quantitative estimate of drug-likeness (QED) is 0.473. The Labute approximate surface area is 47.0 Å². The van der Waals surface area contributed by atoms with Crippen LogP contribution in [0.25, 0.3) is 0 Å². The van der Waals surface area contributed by atoms with Gasteiger partial charge in [0.2, 0.25) is 11.6 Å². The van der Waals surface area contributed by atoms with E-state index in [-0.39, 0.29) is 5.16 Å². The van der Waals surface area contributed by atoms with Gasteiger partial charge in [0.05, 0.1) is 0 Å². The minimum Gasteiger partial charge on any atom is -0.766 e. The van der Waals surface area contributed by atoms with E-state index in [1.807, 2.05) is 0 Å². The summed E-state index contributed by atoms with van der Waals surface area (Å²) < 4.78 is 23.9. The fourth-order valence-electron chi connectivity index (χ4n) is 0.234. The Morgan fingerprint density at radius 3 is 2.88 bits per heavy atom. The zero-order valence-corrected chi connectivity index (χ0v) is 4.42. The molecule has 0 saturated heterocycles. The minimum atomic E-state index is -2.36. The van der Waals surface area contributed by atoms with Crippen molar-refractivity contribution in [2.24, 2.45) is 0 Å². The summed E-state index contributed by atoms with van der Waals surface area (Å²) in [5, 5.41) is 2.70. The van der Waals surface area contributed by atoms with Gasteiger partial charge in [-0.1, -0.05) is 0 Å². The molecule has 0 aromatic carbocycles. The molecule has 0 bridgehead atoms. The summed E-state index contributed by atoms with van der Waals surface area (Å²) in [7, 11) is 0. The molecule has 1 heterocycles. The van der Waals surface area contributed by atoms with E-state index in [4.69, 9.17) is 0 Å². The Balaban J connectivity index is 2.93. The van der Waals surface area contributed by atoms with Crippen LogP contribution in [0, 0.1) is 0 Å². The topological polar surface area (TPSA) is 79.0 Å². The lowest BCUT2D eigenvalue weighted by Gasteiger charge is -1.92. The smallest absolute Gasteiger partial charge is 0.246 e. The molecule has 1 unspecified atom stereocenters. The average Bonchev–Trinajstić information content (AvgIpc) is 2.12. The number of rotatable bonds is 1. The maximum atomic E-state index is 9.88. The van der Waals surface area contributed by atoms with Crippen LogP contribution in [0.5, 0.6) is 0 Å². The molecule has 6 heteroatoms. The minimum absolute atomic E-state index is 0.315. The first-order valence-corrected chi connectivity index (χ1v) is 2.74. The highest BCUT2D eigenvalue weighted by molar-refractivity contribution is 7.78. The zero-order chi connectivity index (χ0) is 5.98. The lowest BCUT2D eigenvalue weighted by Crippen LogP contribution is -1.89. The second kappa shape index (κ2) is 2.01. The van der Waals surface area contributed by atoms with Gasteiger partial charge >= 0.3 is 0 Å². The van der Waals surface area contributed by atoms with Crippen LogP contribution in [0.15, 0.2) is 16.1 Å². The van der Waals surface area contributed by atoms with E-state index in [1.54, 1.807) is 0 Å². The van der Waals surface area contributed by atoms with Crippen LogP contribution in [0.4, 0.5) is 0 Å². The van der Waals surface area contributed by atoms with Gasteiger partial charge in [0.25, 0.3) is 0 Å². The maximum absolute atomic E-state index is 9.88. The van der Waals surface area contributed by atoms with Crippen LogP contribution >= 0.6 is 0 Å². The van der Waals surface area contributed by atoms with Crippen molar-refractivity contribution in [3.05, 3.63) is 6.39 Å². The van der Waals surface area contributed by atoms with Gasteiger partial charge in [0, 0.05) is 11.1 Å². The van der Waals surface area contributed by atoms with E-state index in [2.05, 4.69) is 14.7 Å². The molecule has 0 amide bonds. The lowest BCUT2D eigenvalue weighted by molar-refractivity contribution is 0.398. The molecule has 0 aliphatic rings. The van der Waals surface area contributed by atoms with Gasteiger partial charge in [-0.2, -0.15) is 4.98 Å². The van der Waals surface area contributed by atoms with Crippen molar-refractivity contribution in [1.82, 2.24) is 10.1 Å². The summed E-state index contributed by atoms with van der Waals surface area (Å²) in [4.78, 5) is 3.23. The van der Waals surface area contributed by atoms with Crippen LogP contribution in [0.1, 0.15) is 0 Å². The molecular formula is C2HN2O3S-. The van der Waals surface area contributed by atoms with Gasteiger partial charge in [0.15, 0.2) is 0 Å². The van der Waals surface area contributed by atoms with Crippen molar-refractivity contribution >= 4 is 11.1 Å². The fraction of sp³-hybridized carbons (Fsp3) is 0. The van der Waals surface area contributed by atoms with Gasteiger partial charge < -0.3 is 9.08 Å². The molecule has 0 fully saturated rings. The predicted molar refractivity (Wildman–Crippen MR) is 21.5 cm³/mol. The molecule has 5 nitrogen and oxygen atoms in total. The molecule has 0 radical (unpaired) electrons. The van der Waals surface area contributed by atoms with Gasteiger partial charge in [-0.25, -0.2) is 0 Å². The standard InChI is InChI=1S/C2H2N2O3S/c5-8(6)2-3-1-7-4-2/h1H,(H,5,6)/p-1. The van der Waals surface area contributed by atoms with E-state index < -0.39 is 11.1 Å².